The molecule has 1 aromatic carbocycles. The quantitative estimate of drug-likeness (QED) is 0.667. The predicted molar refractivity (Wildman–Crippen MR) is 55.1 cm³/mol. The Morgan fingerprint density at radius 3 is 2.79 bits per heavy atom. The van der Waals surface area contributed by atoms with Crippen molar-refractivity contribution in [3.8, 4) is 0 Å². The molecular formula is C10H10BrFO2. The van der Waals surface area contributed by atoms with Crippen molar-refractivity contribution in [3.63, 3.8) is 0 Å². The van der Waals surface area contributed by atoms with Crippen LogP contribution in [0.2, 0.25) is 0 Å². The minimum Gasteiger partial charge on any atom is -0.392 e. The van der Waals surface area contributed by atoms with Gasteiger partial charge in [0.25, 0.3) is 0 Å². The molecule has 0 amide bonds. The number of Topliss-reactive ketones (excluding diaryl/α,β-unsaturated/α-hetero) is 1. The van der Waals surface area contributed by atoms with Gasteiger partial charge in [0.15, 0.2) is 5.78 Å². The van der Waals surface area contributed by atoms with Crippen LogP contribution in [0, 0.1) is 5.82 Å². The fourth-order valence-corrected chi connectivity index (χ4v) is 1.56. The van der Waals surface area contributed by atoms with E-state index >= 15 is 0 Å². The Kier molecular flexibility index (Phi) is 4.22. The molecule has 4 heteroatoms. The van der Waals surface area contributed by atoms with Crippen LogP contribution < -0.4 is 0 Å². The van der Waals surface area contributed by atoms with Gasteiger partial charge in [-0.25, -0.2) is 4.39 Å². The lowest BCUT2D eigenvalue weighted by molar-refractivity contribution is 0.0986. The topological polar surface area (TPSA) is 37.3 Å². The fraction of sp³-hybridized carbons (Fsp3) is 0.300. The van der Waals surface area contributed by atoms with Crippen molar-refractivity contribution in [3.05, 3.63) is 35.1 Å². The Morgan fingerprint density at radius 2 is 2.21 bits per heavy atom. The molecule has 0 bridgehead atoms. The number of hydrogen-bond acceptors (Lipinski definition) is 2. The zero-order chi connectivity index (χ0) is 10.6. The van der Waals surface area contributed by atoms with E-state index in [1.54, 1.807) is 0 Å². The summed E-state index contributed by atoms with van der Waals surface area (Å²) in [6.45, 7) is -0.448. The Morgan fingerprint density at radius 1 is 1.50 bits per heavy atom. The SMILES string of the molecule is O=C(CCBr)c1cccc(F)c1CO. The van der Waals surface area contributed by atoms with E-state index in [0.29, 0.717) is 11.8 Å². The zero-order valence-electron chi connectivity index (χ0n) is 7.46. The summed E-state index contributed by atoms with van der Waals surface area (Å²) in [5.74, 6) is -0.696. The fourth-order valence-electron chi connectivity index (χ4n) is 1.20. The van der Waals surface area contributed by atoms with E-state index in [4.69, 9.17) is 5.11 Å². The number of carbonyl (C=O) groups is 1. The summed E-state index contributed by atoms with van der Waals surface area (Å²) < 4.78 is 13.1. The summed E-state index contributed by atoms with van der Waals surface area (Å²) in [7, 11) is 0. The van der Waals surface area contributed by atoms with E-state index < -0.39 is 12.4 Å². The third kappa shape index (κ3) is 2.39. The second-order valence-corrected chi connectivity index (χ2v) is 3.58. The van der Waals surface area contributed by atoms with Gasteiger partial charge in [-0.05, 0) is 6.07 Å². The van der Waals surface area contributed by atoms with Gasteiger partial charge in [0.2, 0.25) is 0 Å². The zero-order valence-corrected chi connectivity index (χ0v) is 9.05. The first kappa shape index (κ1) is 11.3. The number of carbonyl (C=O) groups excluding carboxylic acids is 1. The molecule has 1 rings (SSSR count). The van der Waals surface area contributed by atoms with Gasteiger partial charge in [-0.3, -0.25) is 4.79 Å². The lowest BCUT2D eigenvalue weighted by Gasteiger charge is -2.06. The second-order valence-electron chi connectivity index (χ2n) is 2.79. The monoisotopic (exact) mass is 260 g/mol. The van der Waals surface area contributed by atoms with Crippen LogP contribution in [-0.4, -0.2) is 16.2 Å². The molecule has 0 aromatic heterocycles. The number of alkyl halides is 1. The number of rotatable bonds is 4. The first-order valence-electron chi connectivity index (χ1n) is 4.18. The maximum atomic E-state index is 13.1. The van der Waals surface area contributed by atoms with Gasteiger partial charge in [0, 0.05) is 22.9 Å². The molecule has 2 nitrogen and oxygen atoms in total. The number of hydrogen-bond donors (Lipinski definition) is 1. The van der Waals surface area contributed by atoms with Crippen molar-refractivity contribution in [2.45, 2.75) is 13.0 Å². The summed E-state index contributed by atoms with van der Waals surface area (Å²) in [5, 5.41) is 9.45. The Balaban J connectivity index is 3.07. The van der Waals surface area contributed by atoms with Gasteiger partial charge in [-0.15, -0.1) is 0 Å². The maximum Gasteiger partial charge on any atom is 0.164 e. The average Bonchev–Trinajstić information content (AvgIpc) is 2.17. The predicted octanol–water partition coefficient (Wildman–Crippen LogP) is 2.29. The Hall–Kier alpha value is -0.740. The number of aliphatic hydroxyl groups is 1. The minimum absolute atomic E-state index is 0.0819. The van der Waals surface area contributed by atoms with E-state index in [-0.39, 0.29) is 16.9 Å². The van der Waals surface area contributed by atoms with Crippen LogP contribution in [0.15, 0.2) is 18.2 Å². The van der Waals surface area contributed by atoms with Crippen molar-refractivity contribution < 1.29 is 14.3 Å². The number of benzene rings is 1. The number of aliphatic hydroxyl groups excluding tert-OH is 1. The van der Waals surface area contributed by atoms with Crippen LogP contribution in [0.5, 0.6) is 0 Å². The number of ketones is 1. The first-order valence-corrected chi connectivity index (χ1v) is 5.30. The van der Waals surface area contributed by atoms with Crippen molar-refractivity contribution in [1.29, 1.82) is 0 Å². The molecule has 1 N–H and O–H groups in total. The van der Waals surface area contributed by atoms with E-state index in [9.17, 15) is 9.18 Å². The molecule has 0 saturated carbocycles. The summed E-state index contributed by atoms with van der Waals surface area (Å²) in [6, 6.07) is 4.23. The van der Waals surface area contributed by atoms with Crippen molar-refractivity contribution in [1.82, 2.24) is 0 Å². The molecule has 0 aliphatic carbocycles. The molecule has 0 aliphatic heterocycles. The molecule has 0 aliphatic rings. The van der Waals surface area contributed by atoms with E-state index in [1.807, 2.05) is 0 Å². The molecule has 0 unspecified atom stereocenters. The number of halogens is 2. The second kappa shape index (κ2) is 5.22. The summed E-state index contributed by atoms with van der Waals surface area (Å²) in [5.41, 5.74) is 0.352. The molecule has 0 fully saturated rings. The van der Waals surface area contributed by atoms with Gasteiger partial charge in [-0.1, -0.05) is 28.1 Å². The lowest BCUT2D eigenvalue weighted by Crippen LogP contribution is -2.06. The van der Waals surface area contributed by atoms with E-state index in [2.05, 4.69) is 15.9 Å². The van der Waals surface area contributed by atoms with Gasteiger partial charge < -0.3 is 5.11 Å². The smallest absolute Gasteiger partial charge is 0.164 e. The third-order valence-corrected chi connectivity index (χ3v) is 2.30. The Labute approximate surface area is 89.9 Å². The molecule has 14 heavy (non-hydrogen) atoms. The summed E-state index contributed by atoms with van der Waals surface area (Å²) in [4.78, 5) is 11.5. The van der Waals surface area contributed by atoms with Crippen LogP contribution in [0.25, 0.3) is 0 Å². The minimum atomic E-state index is -0.534. The maximum absolute atomic E-state index is 13.1. The highest BCUT2D eigenvalue weighted by atomic mass is 79.9. The van der Waals surface area contributed by atoms with Gasteiger partial charge >= 0.3 is 0 Å². The van der Waals surface area contributed by atoms with Gasteiger partial charge in [-0.2, -0.15) is 0 Å². The largest absolute Gasteiger partial charge is 0.392 e. The van der Waals surface area contributed by atoms with E-state index in [0.717, 1.165) is 0 Å². The van der Waals surface area contributed by atoms with Crippen LogP contribution in [0.1, 0.15) is 22.3 Å². The average molecular weight is 261 g/mol. The molecule has 0 spiro atoms. The van der Waals surface area contributed by atoms with E-state index in [1.165, 1.54) is 18.2 Å². The highest BCUT2D eigenvalue weighted by molar-refractivity contribution is 9.09. The standard InChI is InChI=1S/C10H10BrFO2/c11-5-4-10(14)7-2-1-3-9(12)8(7)6-13/h1-3,13H,4-6H2. The van der Waals surface area contributed by atoms with Crippen LogP contribution in [-0.2, 0) is 6.61 Å². The Bertz CT molecular complexity index is 339. The highest BCUT2D eigenvalue weighted by Gasteiger charge is 2.13. The normalized spacial score (nSPS) is 10.2. The molecule has 0 radical (unpaired) electrons. The van der Waals surface area contributed by atoms with Gasteiger partial charge in [0.1, 0.15) is 5.82 Å². The van der Waals surface area contributed by atoms with Crippen LogP contribution >= 0.6 is 15.9 Å². The molecule has 0 heterocycles. The molecular weight excluding hydrogens is 251 g/mol. The van der Waals surface area contributed by atoms with Crippen LogP contribution in [0.4, 0.5) is 4.39 Å². The van der Waals surface area contributed by atoms with Crippen molar-refractivity contribution in [2.75, 3.05) is 5.33 Å². The lowest BCUT2D eigenvalue weighted by atomic mass is 10.0. The third-order valence-electron chi connectivity index (χ3n) is 1.90. The van der Waals surface area contributed by atoms with Crippen molar-refractivity contribution in [2.24, 2.45) is 0 Å². The summed E-state index contributed by atoms with van der Waals surface area (Å²) >= 11 is 3.14. The van der Waals surface area contributed by atoms with Gasteiger partial charge in [0.05, 0.1) is 6.61 Å². The molecule has 0 saturated heterocycles. The molecule has 76 valence electrons. The summed E-state index contributed by atoms with van der Waals surface area (Å²) in [6.07, 6.45) is 0.302. The van der Waals surface area contributed by atoms with Crippen molar-refractivity contribution >= 4 is 21.7 Å². The van der Waals surface area contributed by atoms with Crippen LogP contribution in [0.3, 0.4) is 0 Å². The molecule has 1 aromatic rings. The highest BCUT2D eigenvalue weighted by Crippen LogP contribution is 2.15. The first-order chi connectivity index (χ1) is 6.70. The molecule has 0 atom stereocenters.